The van der Waals surface area contributed by atoms with Crippen LogP contribution in [0.4, 0.5) is 15.8 Å². The Morgan fingerprint density at radius 2 is 1.71 bits per heavy atom. The topological polar surface area (TPSA) is 76.2 Å². The van der Waals surface area contributed by atoms with Crippen LogP contribution in [-0.4, -0.2) is 41.1 Å². The van der Waals surface area contributed by atoms with Crippen molar-refractivity contribution in [2.24, 2.45) is 0 Å². The van der Waals surface area contributed by atoms with E-state index in [4.69, 9.17) is 9.47 Å². The predicted octanol–water partition coefficient (Wildman–Crippen LogP) is 4.02. The SMILES string of the molecule is COc1ccc(S(=O)(=O)N(CC(=O)N2c3ccccc3C[C@H]2C)c2ccc(F)cc2)cc1OC. The summed E-state index contributed by atoms with van der Waals surface area (Å²) in [4.78, 5) is 15.0. The number of hydrogen-bond acceptors (Lipinski definition) is 5. The van der Waals surface area contributed by atoms with Crippen LogP contribution in [0.25, 0.3) is 0 Å². The van der Waals surface area contributed by atoms with Crippen molar-refractivity contribution in [3.05, 3.63) is 78.1 Å². The number of sulfonamides is 1. The molecular weight excluding hydrogens is 459 g/mol. The normalized spacial score (nSPS) is 15.1. The van der Waals surface area contributed by atoms with E-state index in [0.717, 1.165) is 27.7 Å². The Kier molecular flexibility index (Phi) is 6.47. The molecule has 0 aromatic heterocycles. The summed E-state index contributed by atoms with van der Waals surface area (Å²) in [5.74, 6) is -0.295. The molecule has 9 heteroatoms. The Hall–Kier alpha value is -3.59. The van der Waals surface area contributed by atoms with Gasteiger partial charge in [-0.1, -0.05) is 18.2 Å². The number of para-hydroxylation sites is 1. The van der Waals surface area contributed by atoms with Crippen molar-refractivity contribution in [1.29, 1.82) is 0 Å². The summed E-state index contributed by atoms with van der Waals surface area (Å²) < 4.78 is 52.5. The highest BCUT2D eigenvalue weighted by atomic mass is 32.2. The van der Waals surface area contributed by atoms with Gasteiger partial charge in [-0.3, -0.25) is 9.10 Å². The van der Waals surface area contributed by atoms with Crippen LogP contribution in [0.3, 0.4) is 0 Å². The summed E-state index contributed by atoms with van der Waals surface area (Å²) in [6.07, 6.45) is 0.681. The molecule has 7 nitrogen and oxygen atoms in total. The third kappa shape index (κ3) is 4.31. The van der Waals surface area contributed by atoms with Crippen molar-refractivity contribution in [1.82, 2.24) is 0 Å². The van der Waals surface area contributed by atoms with Crippen LogP contribution in [0.2, 0.25) is 0 Å². The summed E-state index contributed by atoms with van der Waals surface area (Å²) >= 11 is 0. The number of anilines is 2. The van der Waals surface area contributed by atoms with Crippen molar-refractivity contribution >= 4 is 27.3 Å². The molecule has 1 heterocycles. The van der Waals surface area contributed by atoms with E-state index in [1.54, 1.807) is 4.90 Å². The van der Waals surface area contributed by atoms with E-state index in [-0.39, 0.29) is 28.3 Å². The van der Waals surface area contributed by atoms with Gasteiger partial charge in [0, 0.05) is 17.8 Å². The number of rotatable bonds is 7. The fraction of sp³-hybridized carbons (Fsp3) is 0.240. The number of methoxy groups -OCH3 is 2. The van der Waals surface area contributed by atoms with Crippen LogP contribution in [0.5, 0.6) is 11.5 Å². The Balaban J connectivity index is 1.75. The second-order valence-electron chi connectivity index (χ2n) is 7.95. The molecule has 0 saturated heterocycles. The van der Waals surface area contributed by atoms with Crippen molar-refractivity contribution in [2.45, 2.75) is 24.3 Å². The quantitative estimate of drug-likeness (QED) is 0.506. The van der Waals surface area contributed by atoms with Crippen LogP contribution < -0.4 is 18.7 Å². The number of carbonyl (C=O) groups excluding carboxylic acids is 1. The molecule has 0 saturated carbocycles. The van der Waals surface area contributed by atoms with E-state index in [0.29, 0.717) is 12.2 Å². The van der Waals surface area contributed by atoms with Crippen molar-refractivity contribution in [3.63, 3.8) is 0 Å². The zero-order valence-corrected chi connectivity index (χ0v) is 19.9. The Labute approximate surface area is 198 Å². The van der Waals surface area contributed by atoms with E-state index in [9.17, 15) is 17.6 Å². The van der Waals surface area contributed by atoms with Crippen LogP contribution in [-0.2, 0) is 21.2 Å². The van der Waals surface area contributed by atoms with E-state index in [1.165, 1.54) is 44.6 Å². The maximum atomic E-state index is 13.7. The summed E-state index contributed by atoms with van der Waals surface area (Å²) in [5, 5.41) is 0. The van der Waals surface area contributed by atoms with Gasteiger partial charge >= 0.3 is 0 Å². The minimum Gasteiger partial charge on any atom is -0.493 e. The first-order valence-electron chi connectivity index (χ1n) is 10.7. The molecule has 1 amide bonds. The summed E-state index contributed by atoms with van der Waals surface area (Å²) in [6.45, 7) is 1.46. The Morgan fingerprint density at radius 1 is 1.03 bits per heavy atom. The molecule has 3 aromatic rings. The fourth-order valence-corrected chi connectivity index (χ4v) is 5.60. The van der Waals surface area contributed by atoms with Crippen LogP contribution in [0.15, 0.2) is 71.6 Å². The van der Waals surface area contributed by atoms with Gasteiger partial charge in [0.25, 0.3) is 10.0 Å². The van der Waals surface area contributed by atoms with Gasteiger partial charge in [0.1, 0.15) is 12.4 Å². The highest BCUT2D eigenvalue weighted by molar-refractivity contribution is 7.92. The number of halogens is 1. The van der Waals surface area contributed by atoms with Gasteiger partial charge in [-0.2, -0.15) is 0 Å². The molecular formula is C25H25FN2O5S. The number of hydrogen-bond donors (Lipinski definition) is 0. The van der Waals surface area contributed by atoms with Crippen molar-refractivity contribution < 1.29 is 27.1 Å². The lowest BCUT2D eigenvalue weighted by Crippen LogP contribution is -2.45. The Bertz CT molecular complexity index is 1310. The first-order valence-corrected chi connectivity index (χ1v) is 12.1. The van der Waals surface area contributed by atoms with Gasteiger partial charge in [0.2, 0.25) is 5.91 Å². The number of fused-ring (bicyclic) bond motifs is 1. The third-order valence-corrected chi connectivity index (χ3v) is 7.58. The van der Waals surface area contributed by atoms with Crippen molar-refractivity contribution in [2.75, 3.05) is 30.0 Å². The number of amides is 1. The van der Waals surface area contributed by atoms with Crippen LogP contribution in [0, 0.1) is 5.82 Å². The van der Waals surface area contributed by atoms with Crippen molar-refractivity contribution in [3.8, 4) is 11.5 Å². The van der Waals surface area contributed by atoms with E-state index in [2.05, 4.69) is 0 Å². The summed E-state index contributed by atoms with van der Waals surface area (Å²) in [6, 6.07) is 16.6. The molecule has 1 aliphatic rings. The lowest BCUT2D eigenvalue weighted by atomic mass is 10.1. The molecule has 178 valence electrons. The molecule has 0 N–H and O–H groups in total. The first-order chi connectivity index (χ1) is 16.3. The largest absolute Gasteiger partial charge is 0.493 e. The van der Waals surface area contributed by atoms with E-state index >= 15 is 0 Å². The third-order valence-electron chi connectivity index (χ3n) is 5.81. The lowest BCUT2D eigenvalue weighted by Gasteiger charge is -2.29. The minimum absolute atomic E-state index is 0.0860. The second kappa shape index (κ2) is 9.34. The average molecular weight is 485 g/mol. The minimum atomic E-state index is -4.22. The molecule has 1 atom stereocenters. The smallest absolute Gasteiger partial charge is 0.264 e. The van der Waals surface area contributed by atoms with Gasteiger partial charge in [0.05, 0.1) is 24.8 Å². The maximum absolute atomic E-state index is 13.7. The van der Waals surface area contributed by atoms with Crippen LogP contribution in [0.1, 0.15) is 12.5 Å². The highest BCUT2D eigenvalue weighted by Crippen LogP contribution is 2.34. The first kappa shape index (κ1) is 23.6. The monoisotopic (exact) mass is 484 g/mol. The van der Waals surface area contributed by atoms with E-state index in [1.807, 2.05) is 31.2 Å². The van der Waals surface area contributed by atoms with E-state index < -0.39 is 22.4 Å². The zero-order chi connectivity index (χ0) is 24.5. The molecule has 0 spiro atoms. The van der Waals surface area contributed by atoms with Gasteiger partial charge in [-0.05, 0) is 61.4 Å². The molecule has 0 aliphatic carbocycles. The summed E-state index contributed by atoms with van der Waals surface area (Å²) in [5.41, 5.74) is 1.96. The highest BCUT2D eigenvalue weighted by Gasteiger charge is 2.35. The molecule has 1 aliphatic heterocycles. The molecule has 0 fully saturated rings. The molecule has 34 heavy (non-hydrogen) atoms. The molecule has 0 bridgehead atoms. The number of ether oxygens (including phenoxy) is 2. The predicted molar refractivity (Wildman–Crippen MR) is 128 cm³/mol. The van der Waals surface area contributed by atoms with Gasteiger partial charge < -0.3 is 14.4 Å². The number of nitrogens with zero attached hydrogens (tertiary/aromatic N) is 2. The number of carbonyl (C=O) groups is 1. The lowest BCUT2D eigenvalue weighted by molar-refractivity contribution is -0.117. The average Bonchev–Trinajstić information content (AvgIpc) is 3.18. The Morgan fingerprint density at radius 3 is 2.38 bits per heavy atom. The van der Waals surface area contributed by atoms with Gasteiger partial charge in [-0.25, -0.2) is 12.8 Å². The van der Waals surface area contributed by atoms with Gasteiger partial charge in [0.15, 0.2) is 11.5 Å². The molecule has 0 unspecified atom stereocenters. The van der Waals surface area contributed by atoms with Crippen LogP contribution >= 0.6 is 0 Å². The number of benzene rings is 3. The fourth-order valence-electron chi connectivity index (χ4n) is 4.17. The molecule has 4 rings (SSSR count). The summed E-state index contributed by atoms with van der Waals surface area (Å²) in [7, 11) is -1.36. The second-order valence-corrected chi connectivity index (χ2v) is 9.81. The molecule has 3 aromatic carbocycles. The maximum Gasteiger partial charge on any atom is 0.264 e. The zero-order valence-electron chi connectivity index (χ0n) is 19.1. The molecule has 0 radical (unpaired) electrons. The van der Waals surface area contributed by atoms with Gasteiger partial charge in [-0.15, -0.1) is 0 Å². The standard InChI is InChI=1S/C25H25FN2O5S/c1-17-14-18-6-4-5-7-22(18)28(17)25(29)16-27(20-10-8-19(26)9-11-20)34(30,31)21-12-13-23(32-2)24(15-21)33-3/h4-13,15,17H,14,16H2,1-3H3/t17-/m1/s1.